The molecule has 0 unspecified atom stereocenters. The van der Waals surface area contributed by atoms with Crippen LogP contribution in [0.25, 0.3) is 11.1 Å². The van der Waals surface area contributed by atoms with Crippen molar-refractivity contribution in [3.05, 3.63) is 89.2 Å². The van der Waals surface area contributed by atoms with Crippen molar-refractivity contribution in [2.75, 3.05) is 11.9 Å². The van der Waals surface area contributed by atoms with Gasteiger partial charge in [-0.2, -0.15) is 0 Å². The van der Waals surface area contributed by atoms with Gasteiger partial charge in [0.25, 0.3) is 5.91 Å². The Morgan fingerprint density at radius 1 is 0.971 bits per heavy atom. The molecule has 0 radical (unpaired) electrons. The number of aliphatic carboxylic acids is 1. The number of amides is 2. The molecular weight excluding hydrogens is 451 g/mol. The highest BCUT2D eigenvalue weighted by molar-refractivity contribution is 6.04. The van der Waals surface area contributed by atoms with Gasteiger partial charge in [-0.1, -0.05) is 62.4 Å². The Hall–Kier alpha value is -4.20. The molecule has 0 spiro atoms. The number of carboxylic acids is 1. The van der Waals surface area contributed by atoms with Gasteiger partial charge in [0.05, 0.1) is 11.3 Å². The van der Waals surface area contributed by atoms with Crippen molar-refractivity contribution in [2.24, 2.45) is 5.92 Å². The third-order valence-electron chi connectivity index (χ3n) is 6.03. The molecule has 0 bridgehead atoms. The lowest BCUT2D eigenvalue weighted by Crippen LogP contribution is -2.44. The van der Waals surface area contributed by atoms with E-state index in [-0.39, 0.29) is 23.8 Å². The highest BCUT2D eigenvalue weighted by atomic mass is 19.1. The second-order valence-electron chi connectivity index (χ2n) is 8.67. The fraction of sp³-hybridized carbons (Fsp3) is 0.222. The second kappa shape index (κ2) is 9.97. The number of nitrogens with one attached hydrogen (secondary N) is 2. The molecule has 180 valence electrons. The quantitative estimate of drug-likeness (QED) is 0.444. The van der Waals surface area contributed by atoms with Gasteiger partial charge in [-0.3, -0.25) is 10.1 Å². The molecule has 2 amide bonds. The fourth-order valence-corrected chi connectivity index (χ4v) is 4.29. The molecule has 0 saturated carbocycles. The van der Waals surface area contributed by atoms with Crippen molar-refractivity contribution in [3.63, 3.8) is 0 Å². The number of rotatable bonds is 7. The van der Waals surface area contributed by atoms with Crippen molar-refractivity contribution >= 4 is 23.7 Å². The first-order valence-corrected chi connectivity index (χ1v) is 11.2. The van der Waals surface area contributed by atoms with Crippen molar-refractivity contribution < 1.29 is 28.6 Å². The summed E-state index contributed by atoms with van der Waals surface area (Å²) in [5.74, 6) is -3.28. The predicted octanol–water partition coefficient (Wildman–Crippen LogP) is 5.03. The van der Waals surface area contributed by atoms with Crippen LogP contribution in [0.4, 0.5) is 14.9 Å². The Morgan fingerprint density at radius 2 is 1.57 bits per heavy atom. The average Bonchev–Trinajstić information content (AvgIpc) is 3.15. The highest BCUT2D eigenvalue weighted by Crippen LogP contribution is 2.44. The molecule has 0 fully saturated rings. The third-order valence-corrected chi connectivity index (χ3v) is 6.03. The summed E-state index contributed by atoms with van der Waals surface area (Å²) < 4.78 is 19.4. The molecule has 1 aliphatic carbocycles. The number of benzene rings is 3. The van der Waals surface area contributed by atoms with Crippen LogP contribution in [-0.2, 0) is 9.53 Å². The van der Waals surface area contributed by atoms with Crippen LogP contribution in [0.5, 0.6) is 0 Å². The van der Waals surface area contributed by atoms with Gasteiger partial charge in [0.1, 0.15) is 18.5 Å². The molecule has 0 aromatic heterocycles. The first-order valence-electron chi connectivity index (χ1n) is 11.2. The molecule has 8 heteroatoms. The van der Waals surface area contributed by atoms with E-state index in [1.165, 1.54) is 6.07 Å². The van der Waals surface area contributed by atoms with Crippen molar-refractivity contribution in [3.8, 4) is 11.1 Å². The van der Waals surface area contributed by atoms with Crippen LogP contribution in [0.2, 0.25) is 0 Å². The van der Waals surface area contributed by atoms with Gasteiger partial charge < -0.3 is 15.2 Å². The van der Waals surface area contributed by atoms with Crippen LogP contribution in [0.15, 0.2) is 66.7 Å². The number of hydrogen-bond donors (Lipinski definition) is 3. The van der Waals surface area contributed by atoms with E-state index in [1.807, 2.05) is 48.5 Å². The Labute approximate surface area is 201 Å². The number of hydrogen-bond acceptors (Lipinski definition) is 4. The minimum Gasteiger partial charge on any atom is -0.480 e. The van der Waals surface area contributed by atoms with Crippen molar-refractivity contribution in [1.29, 1.82) is 0 Å². The van der Waals surface area contributed by atoms with Crippen LogP contribution >= 0.6 is 0 Å². The van der Waals surface area contributed by atoms with Crippen molar-refractivity contribution in [1.82, 2.24) is 5.32 Å². The normalized spacial score (nSPS) is 13.0. The summed E-state index contributed by atoms with van der Waals surface area (Å²) >= 11 is 0. The van der Waals surface area contributed by atoms with E-state index >= 15 is 0 Å². The lowest BCUT2D eigenvalue weighted by Gasteiger charge is -2.19. The molecular formula is C27H25FN2O5. The molecule has 0 heterocycles. The number of anilines is 1. The van der Waals surface area contributed by atoms with E-state index in [1.54, 1.807) is 13.8 Å². The summed E-state index contributed by atoms with van der Waals surface area (Å²) in [6.45, 7) is 3.35. The smallest absolute Gasteiger partial charge is 0.411 e. The highest BCUT2D eigenvalue weighted by Gasteiger charge is 2.29. The minimum atomic E-state index is -1.21. The lowest BCUT2D eigenvalue weighted by atomic mass is 9.98. The van der Waals surface area contributed by atoms with Crippen LogP contribution in [0.1, 0.15) is 41.3 Å². The summed E-state index contributed by atoms with van der Waals surface area (Å²) in [5, 5.41) is 14.2. The Balaban J connectivity index is 1.49. The summed E-state index contributed by atoms with van der Waals surface area (Å²) in [7, 11) is 0. The van der Waals surface area contributed by atoms with Crippen LogP contribution in [0, 0.1) is 11.7 Å². The monoisotopic (exact) mass is 476 g/mol. The average molecular weight is 477 g/mol. The summed E-state index contributed by atoms with van der Waals surface area (Å²) in [4.78, 5) is 36.8. The van der Waals surface area contributed by atoms with E-state index < -0.39 is 35.7 Å². The van der Waals surface area contributed by atoms with Crippen LogP contribution in [0.3, 0.4) is 0 Å². The molecule has 0 aliphatic heterocycles. The van der Waals surface area contributed by atoms with Crippen molar-refractivity contribution in [2.45, 2.75) is 25.8 Å². The maximum Gasteiger partial charge on any atom is 0.411 e. The van der Waals surface area contributed by atoms with E-state index in [4.69, 9.17) is 4.74 Å². The Kier molecular flexibility index (Phi) is 6.82. The van der Waals surface area contributed by atoms with E-state index in [0.717, 1.165) is 34.4 Å². The molecule has 3 aromatic rings. The zero-order chi connectivity index (χ0) is 25.1. The SMILES string of the molecule is CC(C)[C@H](NC(=O)c1cc(F)ccc1NC(=O)OCC1c2ccccc2-c2ccccc21)C(=O)O. The van der Waals surface area contributed by atoms with Gasteiger partial charge in [-0.25, -0.2) is 14.0 Å². The van der Waals surface area contributed by atoms with Gasteiger partial charge in [0.15, 0.2) is 0 Å². The van der Waals surface area contributed by atoms with E-state index in [2.05, 4.69) is 10.6 Å². The number of halogens is 1. The molecule has 3 aromatic carbocycles. The summed E-state index contributed by atoms with van der Waals surface area (Å²) in [5.41, 5.74) is 4.09. The Morgan fingerprint density at radius 3 is 2.14 bits per heavy atom. The van der Waals surface area contributed by atoms with Crippen LogP contribution < -0.4 is 10.6 Å². The largest absolute Gasteiger partial charge is 0.480 e. The number of carboxylic acid groups (broad SMARTS) is 1. The number of carbonyl (C=O) groups excluding carboxylic acids is 2. The summed E-state index contributed by atoms with van der Waals surface area (Å²) in [6, 6.07) is 17.9. The molecule has 35 heavy (non-hydrogen) atoms. The van der Waals surface area contributed by atoms with Gasteiger partial charge in [0.2, 0.25) is 0 Å². The van der Waals surface area contributed by atoms with Gasteiger partial charge in [0, 0.05) is 5.92 Å². The maximum absolute atomic E-state index is 13.9. The minimum absolute atomic E-state index is 0.00835. The predicted molar refractivity (Wildman–Crippen MR) is 129 cm³/mol. The number of carbonyl (C=O) groups is 3. The Bertz CT molecular complexity index is 1240. The first-order chi connectivity index (χ1) is 16.8. The third kappa shape index (κ3) is 5.01. The molecule has 4 rings (SSSR count). The number of ether oxygens (including phenoxy) is 1. The summed E-state index contributed by atoms with van der Waals surface area (Å²) in [6.07, 6.45) is -0.814. The molecule has 0 saturated heterocycles. The van der Waals surface area contributed by atoms with Gasteiger partial charge in [-0.05, 0) is 46.4 Å². The standard InChI is InChI=1S/C27H25FN2O5/c1-15(2)24(26(32)33)30-25(31)21-13-16(28)11-12-23(21)29-27(34)35-14-22-19-9-5-3-7-17(19)18-8-4-6-10-20(18)22/h3-13,15,22,24H,14H2,1-2H3,(H,29,34)(H,30,31)(H,32,33)/t24-/m0/s1. The first kappa shape index (κ1) is 23.9. The molecule has 7 nitrogen and oxygen atoms in total. The fourth-order valence-electron chi connectivity index (χ4n) is 4.29. The van der Waals surface area contributed by atoms with Gasteiger partial charge >= 0.3 is 12.1 Å². The lowest BCUT2D eigenvalue weighted by molar-refractivity contribution is -0.140. The zero-order valence-corrected chi connectivity index (χ0v) is 19.2. The van der Waals surface area contributed by atoms with Crippen LogP contribution in [-0.4, -0.2) is 35.7 Å². The molecule has 1 atom stereocenters. The van der Waals surface area contributed by atoms with E-state index in [9.17, 15) is 23.9 Å². The molecule has 3 N–H and O–H groups in total. The zero-order valence-electron chi connectivity index (χ0n) is 19.2. The molecule has 1 aliphatic rings. The second-order valence-corrected chi connectivity index (χ2v) is 8.67. The maximum atomic E-state index is 13.9. The number of fused-ring (bicyclic) bond motifs is 3. The van der Waals surface area contributed by atoms with E-state index in [0.29, 0.717) is 0 Å². The topological polar surface area (TPSA) is 105 Å². The van der Waals surface area contributed by atoms with Gasteiger partial charge in [-0.15, -0.1) is 0 Å².